The summed E-state index contributed by atoms with van der Waals surface area (Å²) in [5.41, 5.74) is 5.25. The molecule has 0 bridgehead atoms. The minimum atomic E-state index is -0.810. The monoisotopic (exact) mass is 397 g/mol. The van der Waals surface area contributed by atoms with Gasteiger partial charge in [-0.3, -0.25) is 15.1 Å². The molecule has 0 aliphatic heterocycles. The predicted octanol–water partition coefficient (Wildman–Crippen LogP) is 3.92. The number of carboxylic acids is 1. The zero-order valence-electron chi connectivity index (χ0n) is 17.4. The van der Waals surface area contributed by atoms with Crippen LogP contribution in [0, 0.1) is 11.8 Å². The summed E-state index contributed by atoms with van der Waals surface area (Å²) in [5.74, 6) is -0.164. The van der Waals surface area contributed by atoms with Crippen molar-refractivity contribution in [2.45, 2.75) is 103 Å². The van der Waals surface area contributed by atoms with E-state index in [4.69, 9.17) is 9.94 Å². The van der Waals surface area contributed by atoms with Gasteiger partial charge in [-0.15, -0.1) is 0 Å². The number of hydroxylamine groups is 1. The van der Waals surface area contributed by atoms with E-state index in [1.165, 1.54) is 37.7 Å². The number of aliphatic hydroxyl groups is 2. The fourth-order valence-electron chi connectivity index (χ4n) is 4.52. The lowest BCUT2D eigenvalue weighted by Gasteiger charge is -2.32. The first-order valence-corrected chi connectivity index (χ1v) is 11.2. The molecular weight excluding hydrogens is 358 g/mol. The molecule has 0 amide bonds. The van der Waals surface area contributed by atoms with Gasteiger partial charge in [0.25, 0.3) is 0 Å². The molecule has 162 valence electrons. The van der Waals surface area contributed by atoms with Crippen LogP contribution >= 0.6 is 0 Å². The lowest BCUT2D eigenvalue weighted by Crippen LogP contribution is -2.30. The van der Waals surface area contributed by atoms with Gasteiger partial charge in [0, 0.05) is 12.1 Å². The van der Waals surface area contributed by atoms with Gasteiger partial charge in [0.1, 0.15) is 0 Å². The summed E-state index contributed by atoms with van der Waals surface area (Å²) >= 11 is 0. The van der Waals surface area contributed by atoms with Crippen LogP contribution < -0.4 is 5.48 Å². The van der Waals surface area contributed by atoms with E-state index in [0.717, 1.165) is 37.8 Å². The topological polar surface area (TPSA) is 99.0 Å². The summed E-state index contributed by atoms with van der Waals surface area (Å²) in [6.07, 6.45) is 11.6. The molecule has 4 unspecified atom stereocenters. The summed E-state index contributed by atoms with van der Waals surface area (Å²) in [5, 5.41) is 29.3. The minimum absolute atomic E-state index is 0.109. The summed E-state index contributed by atoms with van der Waals surface area (Å²) < 4.78 is 0. The molecule has 0 heterocycles. The van der Waals surface area contributed by atoms with Crippen LogP contribution in [0.3, 0.4) is 0 Å². The van der Waals surface area contributed by atoms with Crippen molar-refractivity contribution in [3.05, 3.63) is 11.3 Å². The highest BCUT2D eigenvalue weighted by atomic mass is 16.6. The highest BCUT2D eigenvalue weighted by Crippen LogP contribution is 2.50. The lowest BCUT2D eigenvalue weighted by molar-refractivity contribution is -0.137. The molecule has 2 rings (SSSR count). The number of unbranched alkanes of at least 4 members (excludes halogenated alkanes) is 5. The fourth-order valence-corrected chi connectivity index (χ4v) is 4.52. The maximum absolute atomic E-state index is 10.5. The Balaban J connectivity index is 1.60. The maximum Gasteiger partial charge on any atom is 0.303 e. The third-order valence-corrected chi connectivity index (χ3v) is 6.26. The van der Waals surface area contributed by atoms with Crippen molar-refractivity contribution >= 4 is 5.97 Å². The molecule has 4 atom stereocenters. The van der Waals surface area contributed by atoms with Gasteiger partial charge in [0.2, 0.25) is 0 Å². The first-order chi connectivity index (χ1) is 13.5. The van der Waals surface area contributed by atoms with E-state index in [2.05, 4.69) is 12.4 Å². The van der Waals surface area contributed by atoms with Crippen LogP contribution in [0.15, 0.2) is 11.3 Å². The number of hydrogen-bond acceptors (Lipinski definition) is 5. The number of carboxylic acid groups (broad SMARTS) is 1. The van der Waals surface area contributed by atoms with Gasteiger partial charge in [-0.25, -0.2) is 0 Å². The minimum Gasteiger partial charge on any atom is -0.481 e. The van der Waals surface area contributed by atoms with Crippen molar-refractivity contribution in [3.63, 3.8) is 0 Å². The number of carbonyl (C=O) groups is 1. The predicted molar refractivity (Wildman–Crippen MR) is 108 cm³/mol. The van der Waals surface area contributed by atoms with Gasteiger partial charge in [-0.2, -0.15) is 0 Å². The molecule has 28 heavy (non-hydrogen) atoms. The number of allylic oxidation sites excluding steroid dienone is 1. The fraction of sp³-hybridized carbons (Fsp3) is 0.864. The Bertz CT molecular complexity index is 507. The quantitative estimate of drug-likeness (QED) is 0.233. The van der Waals surface area contributed by atoms with E-state index in [1.54, 1.807) is 0 Å². The number of fused-ring (bicyclic) bond motifs is 1. The van der Waals surface area contributed by atoms with E-state index >= 15 is 0 Å². The molecule has 0 aromatic heterocycles. The molecule has 2 aliphatic carbocycles. The van der Waals surface area contributed by atoms with Gasteiger partial charge in [0.05, 0.1) is 18.8 Å². The van der Waals surface area contributed by atoms with Crippen LogP contribution in [0.4, 0.5) is 0 Å². The molecule has 6 heteroatoms. The van der Waals surface area contributed by atoms with Gasteiger partial charge in [-0.05, 0) is 55.9 Å². The van der Waals surface area contributed by atoms with Crippen molar-refractivity contribution in [2.75, 3.05) is 6.61 Å². The standard InChI is InChI=1S/C22H39NO5/c1-2-3-4-5-6-7-9-16(24)11-12-17-18-14-20(19(18)15-21(17)25)23-28-13-8-10-22(26)27/h16-18,21,23-25H,2-15H2,1H3,(H,26,27). The zero-order valence-corrected chi connectivity index (χ0v) is 17.4. The molecule has 0 saturated heterocycles. The van der Waals surface area contributed by atoms with Gasteiger partial charge in [0.15, 0.2) is 0 Å². The SMILES string of the molecule is CCCCCCCCC(O)CCC1C(O)CC2=C(NOCCCC(=O)O)CC21. The Morgan fingerprint density at radius 1 is 1.14 bits per heavy atom. The van der Waals surface area contributed by atoms with Gasteiger partial charge < -0.3 is 15.3 Å². The number of nitrogens with one attached hydrogen (secondary N) is 1. The van der Waals surface area contributed by atoms with Crippen LogP contribution in [0.5, 0.6) is 0 Å². The molecular formula is C22H39NO5. The normalized spacial score (nSPS) is 24.8. The molecule has 1 saturated carbocycles. The van der Waals surface area contributed by atoms with Gasteiger partial charge in [-0.1, -0.05) is 45.4 Å². The summed E-state index contributed by atoms with van der Waals surface area (Å²) in [6, 6.07) is 0. The van der Waals surface area contributed by atoms with E-state index < -0.39 is 5.97 Å². The summed E-state index contributed by atoms with van der Waals surface area (Å²) in [4.78, 5) is 15.8. The Kier molecular flexibility index (Phi) is 10.3. The average Bonchev–Trinajstić information content (AvgIpc) is 2.89. The van der Waals surface area contributed by atoms with Crippen molar-refractivity contribution in [2.24, 2.45) is 11.8 Å². The summed E-state index contributed by atoms with van der Waals surface area (Å²) in [7, 11) is 0. The highest BCUT2D eigenvalue weighted by molar-refractivity contribution is 5.66. The average molecular weight is 398 g/mol. The molecule has 0 aromatic rings. The van der Waals surface area contributed by atoms with Gasteiger partial charge >= 0.3 is 5.97 Å². The molecule has 2 aliphatic rings. The Labute approximate surface area is 169 Å². The number of aliphatic hydroxyl groups excluding tert-OH is 2. The van der Waals surface area contributed by atoms with Crippen LogP contribution in [0.1, 0.15) is 90.4 Å². The largest absolute Gasteiger partial charge is 0.481 e. The molecule has 0 spiro atoms. The second kappa shape index (κ2) is 12.5. The third kappa shape index (κ3) is 7.37. The smallest absolute Gasteiger partial charge is 0.303 e. The van der Waals surface area contributed by atoms with E-state index in [9.17, 15) is 15.0 Å². The van der Waals surface area contributed by atoms with Crippen LogP contribution in [0.25, 0.3) is 0 Å². The van der Waals surface area contributed by atoms with E-state index in [0.29, 0.717) is 25.4 Å². The Morgan fingerprint density at radius 3 is 2.64 bits per heavy atom. The van der Waals surface area contributed by atoms with E-state index in [-0.39, 0.29) is 24.5 Å². The number of aliphatic carboxylic acids is 1. The molecule has 6 nitrogen and oxygen atoms in total. The zero-order chi connectivity index (χ0) is 20.4. The lowest BCUT2D eigenvalue weighted by atomic mass is 9.77. The highest BCUT2D eigenvalue weighted by Gasteiger charge is 2.45. The second-order valence-corrected chi connectivity index (χ2v) is 8.49. The first-order valence-electron chi connectivity index (χ1n) is 11.2. The van der Waals surface area contributed by atoms with Crippen molar-refractivity contribution in [1.82, 2.24) is 5.48 Å². The number of hydrogen-bond donors (Lipinski definition) is 4. The Hall–Kier alpha value is -1.11. The van der Waals surface area contributed by atoms with E-state index in [1.807, 2.05) is 0 Å². The first kappa shape index (κ1) is 23.2. The molecule has 0 aromatic carbocycles. The van der Waals surface area contributed by atoms with Crippen LogP contribution in [-0.4, -0.2) is 40.1 Å². The molecule has 1 fully saturated rings. The van der Waals surface area contributed by atoms with Crippen molar-refractivity contribution in [1.29, 1.82) is 0 Å². The maximum atomic E-state index is 10.5. The van der Waals surface area contributed by atoms with Crippen LogP contribution in [-0.2, 0) is 9.63 Å². The summed E-state index contributed by atoms with van der Waals surface area (Å²) in [6.45, 7) is 2.59. The third-order valence-electron chi connectivity index (χ3n) is 6.26. The Morgan fingerprint density at radius 2 is 1.89 bits per heavy atom. The molecule has 0 radical (unpaired) electrons. The van der Waals surface area contributed by atoms with Crippen molar-refractivity contribution < 1.29 is 25.0 Å². The number of rotatable bonds is 16. The van der Waals surface area contributed by atoms with Crippen molar-refractivity contribution in [3.8, 4) is 0 Å². The van der Waals surface area contributed by atoms with Crippen LogP contribution in [0.2, 0.25) is 0 Å². The molecule has 4 N–H and O–H groups in total. The second-order valence-electron chi connectivity index (χ2n) is 8.49.